The van der Waals surface area contributed by atoms with E-state index >= 15 is 0 Å². The van der Waals surface area contributed by atoms with Gasteiger partial charge in [-0.1, -0.05) is 13.0 Å². The number of hydrogen-bond donors (Lipinski definition) is 2. The van der Waals surface area contributed by atoms with Gasteiger partial charge >= 0.3 is 6.03 Å². The molecule has 7 heteroatoms. The van der Waals surface area contributed by atoms with Crippen molar-refractivity contribution in [2.45, 2.75) is 25.3 Å². The molecule has 2 amide bonds. The summed E-state index contributed by atoms with van der Waals surface area (Å²) in [6.45, 7) is 4.25. The van der Waals surface area contributed by atoms with E-state index in [0.29, 0.717) is 5.92 Å². The highest BCUT2D eigenvalue weighted by Gasteiger charge is 2.33. The number of carboxylic acid groups (broad SMARTS) is 1. The quantitative estimate of drug-likeness (QED) is 0.797. The first-order valence-electron chi connectivity index (χ1n) is 7.70. The van der Waals surface area contributed by atoms with Gasteiger partial charge in [0.25, 0.3) is 6.47 Å². The third-order valence-electron chi connectivity index (χ3n) is 3.68. The summed E-state index contributed by atoms with van der Waals surface area (Å²) in [6, 6.07) is 6.20. The molecule has 0 aromatic carbocycles. The summed E-state index contributed by atoms with van der Waals surface area (Å²) >= 11 is 0. The molecule has 23 heavy (non-hydrogen) atoms. The summed E-state index contributed by atoms with van der Waals surface area (Å²) in [5, 5.41) is 9.99. The van der Waals surface area contributed by atoms with Gasteiger partial charge in [-0.05, 0) is 32.6 Å². The molecule has 1 atom stereocenters. The normalized spacial score (nSPS) is 15.2. The van der Waals surface area contributed by atoms with E-state index in [4.69, 9.17) is 9.90 Å². The Morgan fingerprint density at radius 2 is 2.17 bits per heavy atom. The van der Waals surface area contributed by atoms with Gasteiger partial charge in [0, 0.05) is 43.5 Å². The lowest BCUT2D eigenvalue weighted by molar-refractivity contribution is -0.122. The second-order valence-electron chi connectivity index (χ2n) is 5.78. The lowest BCUT2D eigenvalue weighted by Crippen LogP contribution is -2.55. The molecule has 1 saturated heterocycles. The summed E-state index contributed by atoms with van der Waals surface area (Å²) < 4.78 is 0. The van der Waals surface area contributed by atoms with Crippen LogP contribution < -0.4 is 5.32 Å². The third kappa shape index (κ3) is 6.23. The first-order chi connectivity index (χ1) is 11.0. The molecule has 0 saturated carbocycles. The van der Waals surface area contributed by atoms with E-state index in [1.54, 1.807) is 0 Å². The lowest BCUT2D eigenvalue weighted by atomic mass is 9.96. The number of hydrogen-bond acceptors (Lipinski definition) is 4. The van der Waals surface area contributed by atoms with E-state index in [-0.39, 0.29) is 18.5 Å². The fourth-order valence-corrected chi connectivity index (χ4v) is 2.43. The molecule has 2 N–H and O–H groups in total. The molecule has 0 bridgehead atoms. The molecule has 1 aliphatic rings. The van der Waals surface area contributed by atoms with Crippen molar-refractivity contribution in [3.8, 4) is 0 Å². The first-order valence-corrected chi connectivity index (χ1v) is 7.70. The highest BCUT2D eigenvalue weighted by Crippen LogP contribution is 2.25. The Hall–Kier alpha value is -2.15. The van der Waals surface area contributed by atoms with Crippen LogP contribution >= 0.6 is 0 Å². The molecule has 128 valence electrons. The van der Waals surface area contributed by atoms with Crippen LogP contribution in [0.1, 0.15) is 25.0 Å². The van der Waals surface area contributed by atoms with Crippen molar-refractivity contribution in [2.75, 3.05) is 33.7 Å². The number of carbonyl (C=O) groups is 2. The number of nitrogens with zero attached hydrogens (tertiary/aromatic N) is 3. The van der Waals surface area contributed by atoms with E-state index in [1.807, 2.05) is 43.4 Å². The average Bonchev–Trinajstić information content (AvgIpc) is 2.46. The van der Waals surface area contributed by atoms with Crippen LogP contribution in [-0.2, 0) is 4.79 Å². The van der Waals surface area contributed by atoms with Crippen LogP contribution in [0, 0.1) is 0 Å². The van der Waals surface area contributed by atoms with Crippen molar-refractivity contribution in [2.24, 2.45) is 0 Å². The fourth-order valence-electron chi connectivity index (χ4n) is 2.43. The molecular formula is C16H26N4O3. The number of carbonyl (C=O) groups excluding carboxylic acids is 1. The van der Waals surface area contributed by atoms with E-state index in [2.05, 4.69) is 22.1 Å². The molecule has 1 fully saturated rings. The zero-order valence-corrected chi connectivity index (χ0v) is 14.0. The number of rotatable bonds is 5. The SMILES string of the molecule is CCC(CN(C)C)NC(=O)N1CC(c2ccccn2)C1.O=CO. The topological polar surface area (TPSA) is 85.8 Å². The molecular weight excluding hydrogens is 296 g/mol. The molecule has 2 rings (SSSR count). The lowest BCUT2D eigenvalue weighted by Gasteiger charge is -2.39. The largest absolute Gasteiger partial charge is 0.483 e. The Kier molecular flexibility index (Phi) is 8.04. The van der Waals surface area contributed by atoms with Gasteiger partial charge in [0.2, 0.25) is 0 Å². The summed E-state index contributed by atoms with van der Waals surface area (Å²) in [5.74, 6) is 0.385. The van der Waals surface area contributed by atoms with E-state index in [0.717, 1.165) is 31.7 Å². The number of likely N-dealkylation sites (N-methyl/N-ethyl adjacent to an activating group) is 1. The van der Waals surface area contributed by atoms with Gasteiger partial charge in [-0.3, -0.25) is 9.78 Å². The van der Waals surface area contributed by atoms with Gasteiger partial charge in [0.15, 0.2) is 0 Å². The van der Waals surface area contributed by atoms with Gasteiger partial charge in [0.1, 0.15) is 0 Å². The molecule has 0 spiro atoms. The molecule has 1 aromatic rings. The number of nitrogens with one attached hydrogen (secondary N) is 1. The van der Waals surface area contributed by atoms with Gasteiger partial charge < -0.3 is 20.2 Å². The summed E-state index contributed by atoms with van der Waals surface area (Å²) in [5.41, 5.74) is 1.08. The highest BCUT2D eigenvalue weighted by atomic mass is 16.3. The molecule has 1 aliphatic heterocycles. The van der Waals surface area contributed by atoms with Crippen molar-refractivity contribution in [1.82, 2.24) is 20.1 Å². The Balaban J connectivity index is 0.000000816. The summed E-state index contributed by atoms with van der Waals surface area (Å²) in [7, 11) is 4.05. The number of pyridine rings is 1. The van der Waals surface area contributed by atoms with E-state index in [9.17, 15) is 4.79 Å². The van der Waals surface area contributed by atoms with Gasteiger partial charge in [-0.25, -0.2) is 4.79 Å². The van der Waals surface area contributed by atoms with Crippen LogP contribution in [0.15, 0.2) is 24.4 Å². The number of amides is 2. The van der Waals surface area contributed by atoms with Crippen LogP contribution in [-0.4, -0.2) is 72.2 Å². The van der Waals surface area contributed by atoms with Gasteiger partial charge in [0.05, 0.1) is 0 Å². The molecule has 0 radical (unpaired) electrons. The van der Waals surface area contributed by atoms with Crippen LogP contribution in [0.25, 0.3) is 0 Å². The third-order valence-corrected chi connectivity index (χ3v) is 3.68. The fraction of sp³-hybridized carbons (Fsp3) is 0.562. The Morgan fingerprint density at radius 3 is 2.65 bits per heavy atom. The maximum absolute atomic E-state index is 12.1. The van der Waals surface area contributed by atoms with Crippen LogP contribution in [0.4, 0.5) is 4.79 Å². The van der Waals surface area contributed by atoms with Crippen molar-refractivity contribution >= 4 is 12.5 Å². The van der Waals surface area contributed by atoms with Crippen LogP contribution in [0.5, 0.6) is 0 Å². The second-order valence-corrected chi connectivity index (χ2v) is 5.78. The van der Waals surface area contributed by atoms with Crippen molar-refractivity contribution in [3.05, 3.63) is 30.1 Å². The molecule has 2 heterocycles. The Morgan fingerprint density at radius 1 is 1.52 bits per heavy atom. The predicted octanol–water partition coefficient (Wildman–Crippen LogP) is 1.23. The van der Waals surface area contributed by atoms with Gasteiger partial charge in [-0.2, -0.15) is 0 Å². The molecule has 1 aromatic heterocycles. The van der Waals surface area contributed by atoms with Crippen molar-refractivity contribution < 1.29 is 14.7 Å². The number of aromatic nitrogens is 1. The predicted molar refractivity (Wildman–Crippen MR) is 88.4 cm³/mol. The van der Waals surface area contributed by atoms with Crippen molar-refractivity contribution in [3.63, 3.8) is 0 Å². The van der Waals surface area contributed by atoms with Crippen LogP contribution in [0.3, 0.4) is 0 Å². The zero-order chi connectivity index (χ0) is 17.2. The monoisotopic (exact) mass is 322 g/mol. The van der Waals surface area contributed by atoms with Crippen LogP contribution in [0.2, 0.25) is 0 Å². The number of likely N-dealkylation sites (tertiary alicyclic amines) is 1. The highest BCUT2D eigenvalue weighted by molar-refractivity contribution is 5.75. The van der Waals surface area contributed by atoms with E-state index in [1.165, 1.54) is 0 Å². The molecule has 0 aliphatic carbocycles. The summed E-state index contributed by atoms with van der Waals surface area (Å²) in [4.78, 5) is 28.8. The first kappa shape index (κ1) is 18.9. The number of urea groups is 1. The smallest absolute Gasteiger partial charge is 0.317 e. The maximum atomic E-state index is 12.1. The van der Waals surface area contributed by atoms with Gasteiger partial charge in [-0.15, -0.1) is 0 Å². The second kappa shape index (κ2) is 9.78. The minimum atomic E-state index is -0.250. The summed E-state index contributed by atoms with van der Waals surface area (Å²) in [6.07, 6.45) is 2.75. The molecule has 7 nitrogen and oxygen atoms in total. The Labute approximate surface area is 137 Å². The minimum Gasteiger partial charge on any atom is -0.483 e. The minimum absolute atomic E-state index is 0.0471. The zero-order valence-electron chi connectivity index (χ0n) is 14.0. The molecule has 1 unspecified atom stereocenters. The Bertz CT molecular complexity index is 475. The van der Waals surface area contributed by atoms with Crippen molar-refractivity contribution in [1.29, 1.82) is 0 Å². The maximum Gasteiger partial charge on any atom is 0.317 e. The van der Waals surface area contributed by atoms with E-state index < -0.39 is 0 Å². The standard InChI is InChI=1S/C15H24N4O.CH2O2/c1-4-13(11-18(2)3)17-15(20)19-9-12(10-19)14-7-5-6-8-16-14;2-1-3/h5-8,12-13H,4,9-11H2,1-3H3,(H,17,20);1H,(H,2,3). The average molecular weight is 322 g/mol.